The Morgan fingerprint density at radius 2 is 2.19 bits per heavy atom. The molecule has 0 spiro atoms. The van der Waals surface area contributed by atoms with E-state index in [0.29, 0.717) is 16.9 Å². The number of carbonyl (C=O) groups excluding carboxylic acids is 1. The van der Waals surface area contributed by atoms with Crippen LogP contribution in [0.5, 0.6) is 0 Å². The number of fused-ring (bicyclic) bond motifs is 1. The largest absolute Gasteiger partial charge is 0.459 e. The summed E-state index contributed by atoms with van der Waals surface area (Å²) in [4.78, 5) is 16.7. The monoisotopic (exact) mass is 289 g/mol. The van der Waals surface area contributed by atoms with E-state index in [1.807, 2.05) is 0 Å². The van der Waals surface area contributed by atoms with Crippen molar-refractivity contribution in [2.45, 2.75) is 44.8 Å². The molecule has 1 saturated carbocycles. The predicted molar refractivity (Wildman–Crippen MR) is 76.2 cm³/mol. The number of hydrogen-bond donors (Lipinski definition) is 0. The standard InChI is InChI=1S/C15H19N3O3/c1-10-13(14-16-7-4-8-18(14)17-10)15(19)21-12-6-3-5-11(9-12)20-2/h4,7-8,11-12H,3,5-6,9H2,1-2H3. The van der Waals surface area contributed by atoms with E-state index in [0.717, 1.165) is 25.7 Å². The van der Waals surface area contributed by atoms with Crippen LogP contribution >= 0.6 is 0 Å². The molecule has 21 heavy (non-hydrogen) atoms. The number of aryl methyl sites for hydroxylation is 1. The fourth-order valence-corrected chi connectivity index (χ4v) is 2.87. The van der Waals surface area contributed by atoms with Crippen molar-refractivity contribution in [2.24, 2.45) is 0 Å². The van der Waals surface area contributed by atoms with Gasteiger partial charge in [-0.15, -0.1) is 0 Å². The first-order chi connectivity index (χ1) is 10.2. The van der Waals surface area contributed by atoms with Crippen LogP contribution in [0, 0.1) is 6.92 Å². The molecular weight excluding hydrogens is 270 g/mol. The van der Waals surface area contributed by atoms with Gasteiger partial charge in [0, 0.05) is 25.9 Å². The summed E-state index contributed by atoms with van der Waals surface area (Å²) in [5, 5.41) is 4.29. The Kier molecular flexibility index (Phi) is 3.88. The molecule has 2 heterocycles. The summed E-state index contributed by atoms with van der Waals surface area (Å²) in [6, 6.07) is 1.78. The molecular formula is C15H19N3O3. The summed E-state index contributed by atoms with van der Waals surface area (Å²) in [7, 11) is 1.70. The zero-order chi connectivity index (χ0) is 14.8. The molecule has 0 aliphatic heterocycles. The average Bonchev–Trinajstić information content (AvgIpc) is 2.83. The van der Waals surface area contributed by atoms with Gasteiger partial charge in [0.05, 0.1) is 11.8 Å². The zero-order valence-corrected chi connectivity index (χ0v) is 12.3. The van der Waals surface area contributed by atoms with Gasteiger partial charge in [0.15, 0.2) is 5.65 Å². The molecule has 0 N–H and O–H groups in total. The number of nitrogens with zero attached hydrogens (tertiary/aromatic N) is 3. The molecule has 112 valence electrons. The van der Waals surface area contributed by atoms with Crippen LogP contribution in [0.4, 0.5) is 0 Å². The molecule has 0 bridgehead atoms. The molecule has 0 aromatic carbocycles. The van der Waals surface area contributed by atoms with Crippen LogP contribution in [-0.4, -0.2) is 39.9 Å². The van der Waals surface area contributed by atoms with Gasteiger partial charge in [-0.25, -0.2) is 14.3 Å². The Labute approximate surface area is 123 Å². The fraction of sp³-hybridized carbons (Fsp3) is 0.533. The van der Waals surface area contributed by atoms with E-state index in [-0.39, 0.29) is 18.2 Å². The van der Waals surface area contributed by atoms with Crippen LogP contribution in [0.1, 0.15) is 41.7 Å². The second kappa shape index (κ2) is 5.81. The quantitative estimate of drug-likeness (QED) is 0.810. The van der Waals surface area contributed by atoms with E-state index in [4.69, 9.17) is 9.47 Å². The molecule has 2 aromatic heterocycles. The van der Waals surface area contributed by atoms with Crippen molar-refractivity contribution in [2.75, 3.05) is 7.11 Å². The molecule has 0 saturated heterocycles. The van der Waals surface area contributed by atoms with Gasteiger partial charge in [-0.1, -0.05) is 0 Å². The van der Waals surface area contributed by atoms with E-state index in [1.165, 1.54) is 0 Å². The summed E-state index contributed by atoms with van der Waals surface area (Å²) in [5.41, 5.74) is 1.63. The third kappa shape index (κ3) is 2.76. The number of esters is 1. The van der Waals surface area contributed by atoms with Gasteiger partial charge in [0.25, 0.3) is 0 Å². The van der Waals surface area contributed by atoms with Crippen LogP contribution < -0.4 is 0 Å². The van der Waals surface area contributed by atoms with E-state index in [2.05, 4.69) is 10.1 Å². The summed E-state index contributed by atoms with van der Waals surface area (Å²) in [6.45, 7) is 1.80. The van der Waals surface area contributed by atoms with Crippen molar-refractivity contribution in [1.29, 1.82) is 0 Å². The second-order valence-corrected chi connectivity index (χ2v) is 5.40. The lowest BCUT2D eigenvalue weighted by Crippen LogP contribution is -2.29. The maximum absolute atomic E-state index is 12.4. The van der Waals surface area contributed by atoms with Crippen LogP contribution in [0.25, 0.3) is 5.65 Å². The van der Waals surface area contributed by atoms with E-state index >= 15 is 0 Å². The van der Waals surface area contributed by atoms with Gasteiger partial charge in [-0.05, 0) is 32.3 Å². The number of aromatic nitrogens is 3. The maximum Gasteiger partial charge on any atom is 0.344 e. The molecule has 1 fully saturated rings. The van der Waals surface area contributed by atoms with E-state index in [9.17, 15) is 4.79 Å². The average molecular weight is 289 g/mol. The summed E-state index contributed by atoms with van der Waals surface area (Å²) in [5.74, 6) is -0.344. The molecule has 6 heteroatoms. The third-order valence-corrected chi connectivity index (χ3v) is 3.96. The van der Waals surface area contributed by atoms with Gasteiger partial charge >= 0.3 is 5.97 Å². The first-order valence-electron chi connectivity index (χ1n) is 7.22. The molecule has 2 atom stereocenters. The predicted octanol–water partition coefficient (Wildman–Crippen LogP) is 2.15. The van der Waals surface area contributed by atoms with Gasteiger partial charge in [-0.2, -0.15) is 5.10 Å². The van der Waals surface area contributed by atoms with Gasteiger partial charge < -0.3 is 9.47 Å². The van der Waals surface area contributed by atoms with E-state index in [1.54, 1.807) is 37.0 Å². The number of hydrogen-bond acceptors (Lipinski definition) is 5. The van der Waals surface area contributed by atoms with Crippen LogP contribution in [0.3, 0.4) is 0 Å². The Bertz CT molecular complexity index is 653. The molecule has 1 aliphatic rings. The molecule has 6 nitrogen and oxygen atoms in total. The highest BCUT2D eigenvalue weighted by Gasteiger charge is 2.27. The highest BCUT2D eigenvalue weighted by Crippen LogP contribution is 2.25. The van der Waals surface area contributed by atoms with Crippen LogP contribution in [0.15, 0.2) is 18.5 Å². The Balaban J connectivity index is 1.79. The molecule has 2 aromatic rings. The third-order valence-electron chi connectivity index (χ3n) is 3.96. The second-order valence-electron chi connectivity index (χ2n) is 5.40. The van der Waals surface area contributed by atoms with Crippen LogP contribution in [0.2, 0.25) is 0 Å². The van der Waals surface area contributed by atoms with Crippen molar-refractivity contribution < 1.29 is 14.3 Å². The minimum Gasteiger partial charge on any atom is -0.459 e. The summed E-state index contributed by atoms with van der Waals surface area (Å²) < 4.78 is 12.6. The van der Waals surface area contributed by atoms with Crippen molar-refractivity contribution >= 4 is 11.6 Å². The van der Waals surface area contributed by atoms with Crippen molar-refractivity contribution in [3.05, 3.63) is 29.7 Å². The first kappa shape index (κ1) is 14.0. The molecule has 0 amide bonds. The molecule has 0 radical (unpaired) electrons. The van der Waals surface area contributed by atoms with Crippen molar-refractivity contribution in [3.63, 3.8) is 0 Å². The maximum atomic E-state index is 12.4. The molecule has 3 rings (SSSR count). The Morgan fingerprint density at radius 3 is 3.00 bits per heavy atom. The summed E-state index contributed by atoms with van der Waals surface area (Å²) in [6.07, 6.45) is 7.20. The molecule has 1 aliphatic carbocycles. The Morgan fingerprint density at radius 1 is 1.38 bits per heavy atom. The number of methoxy groups -OCH3 is 1. The Hall–Kier alpha value is -1.95. The van der Waals surface area contributed by atoms with Crippen molar-refractivity contribution in [1.82, 2.24) is 14.6 Å². The zero-order valence-electron chi connectivity index (χ0n) is 12.3. The van der Waals surface area contributed by atoms with Gasteiger partial charge in [0.2, 0.25) is 0 Å². The van der Waals surface area contributed by atoms with Crippen molar-refractivity contribution in [3.8, 4) is 0 Å². The van der Waals surface area contributed by atoms with Crippen LogP contribution in [-0.2, 0) is 9.47 Å². The SMILES string of the molecule is COC1CCCC(OC(=O)c2c(C)nn3cccnc23)C1. The normalized spacial score (nSPS) is 22.4. The number of carbonyl (C=O) groups is 1. The highest BCUT2D eigenvalue weighted by atomic mass is 16.5. The topological polar surface area (TPSA) is 65.7 Å². The number of ether oxygens (including phenoxy) is 2. The fourth-order valence-electron chi connectivity index (χ4n) is 2.87. The number of rotatable bonds is 3. The molecule has 2 unspecified atom stereocenters. The highest BCUT2D eigenvalue weighted by molar-refractivity contribution is 5.97. The smallest absolute Gasteiger partial charge is 0.344 e. The lowest BCUT2D eigenvalue weighted by Gasteiger charge is -2.27. The summed E-state index contributed by atoms with van der Waals surface area (Å²) >= 11 is 0. The minimum atomic E-state index is -0.344. The minimum absolute atomic E-state index is 0.0886. The van der Waals surface area contributed by atoms with Gasteiger partial charge in [-0.3, -0.25) is 0 Å². The lowest BCUT2D eigenvalue weighted by molar-refractivity contribution is -0.0148. The first-order valence-corrected chi connectivity index (χ1v) is 7.22. The van der Waals surface area contributed by atoms with Gasteiger partial charge in [0.1, 0.15) is 11.7 Å². The lowest BCUT2D eigenvalue weighted by atomic mass is 9.95. The van der Waals surface area contributed by atoms with E-state index < -0.39 is 0 Å².